The normalized spacial score (nSPS) is 14.9. The van der Waals surface area contributed by atoms with Gasteiger partial charge in [-0.2, -0.15) is 5.26 Å². The van der Waals surface area contributed by atoms with Gasteiger partial charge in [0.2, 0.25) is 5.88 Å². The first-order valence-electron chi connectivity index (χ1n) is 10.4. The van der Waals surface area contributed by atoms with E-state index >= 15 is 0 Å². The van der Waals surface area contributed by atoms with Crippen molar-refractivity contribution >= 4 is 5.69 Å². The van der Waals surface area contributed by atoms with Gasteiger partial charge in [0, 0.05) is 23.0 Å². The molecule has 0 radical (unpaired) electrons. The van der Waals surface area contributed by atoms with E-state index in [0.29, 0.717) is 24.7 Å². The maximum atomic E-state index is 8.90. The minimum absolute atomic E-state index is 0.254. The van der Waals surface area contributed by atoms with Crippen LogP contribution in [0.5, 0.6) is 11.6 Å². The van der Waals surface area contributed by atoms with Gasteiger partial charge in [0.1, 0.15) is 18.1 Å². The number of nitrogens with zero attached hydrogens (tertiary/aromatic N) is 2. The lowest BCUT2D eigenvalue weighted by Crippen LogP contribution is -2.22. The summed E-state index contributed by atoms with van der Waals surface area (Å²) >= 11 is 0. The van der Waals surface area contributed by atoms with Gasteiger partial charge in [-0.05, 0) is 44.9 Å². The Balaban J connectivity index is 2.27. The lowest BCUT2D eigenvalue weighted by molar-refractivity contribution is 0.225. The lowest BCUT2D eigenvalue weighted by Gasteiger charge is -2.34. The SMILES string of the molecule is C=C(OCCC#N)C1=C(C)Nc2c(C)cnc(OCC)c2C1c1ccc(C)cc1OC. The van der Waals surface area contributed by atoms with Crippen LogP contribution in [-0.2, 0) is 4.74 Å². The van der Waals surface area contributed by atoms with E-state index < -0.39 is 0 Å². The molecule has 0 amide bonds. The zero-order chi connectivity index (χ0) is 22.5. The number of aromatic nitrogens is 1. The molecular formula is C25H29N3O3. The highest BCUT2D eigenvalue weighted by Crippen LogP contribution is 2.50. The highest BCUT2D eigenvalue weighted by Gasteiger charge is 2.36. The number of anilines is 1. The molecule has 31 heavy (non-hydrogen) atoms. The van der Waals surface area contributed by atoms with Crippen molar-refractivity contribution in [3.8, 4) is 17.7 Å². The fourth-order valence-corrected chi connectivity index (χ4v) is 3.95. The molecule has 1 N–H and O–H groups in total. The van der Waals surface area contributed by atoms with E-state index in [2.05, 4.69) is 35.1 Å². The van der Waals surface area contributed by atoms with Crippen LogP contribution in [0.2, 0.25) is 0 Å². The molecule has 2 aromatic rings. The molecule has 1 aromatic carbocycles. The topological polar surface area (TPSA) is 76.4 Å². The van der Waals surface area contributed by atoms with Crippen LogP contribution in [0.4, 0.5) is 5.69 Å². The van der Waals surface area contributed by atoms with E-state index in [1.807, 2.05) is 40.0 Å². The van der Waals surface area contributed by atoms with Crippen molar-refractivity contribution in [3.05, 3.63) is 70.3 Å². The number of ether oxygens (including phenoxy) is 3. The van der Waals surface area contributed by atoms with Crippen LogP contribution in [0.15, 0.2) is 48.0 Å². The van der Waals surface area contributed by atoms with Crippen LogP contribution in [-0.4, -0.2) is 25.3 Å². The molecule has 3 rings (SSSR count). The predicted molar refractivity (Wildman–Crippen MR) is 121 cm³/mol. The van der Waals surface area contributed by atoms with Crippen LogP contribution in [0.3, 0.4) is 0 Å². The van der Waals surface area contributed by atoms with Crippen LogP contribution in [0, 0.1) is 25.2 Å². The van der Waals surface area contributed by atoms with Crippen molar-refractivity contribution in [3.63, 3.8) is 0 Å². The van der Waals surface area contributed by atoms with E-state index in [4.69, 9.17) is 19.5 Å². The summed E-state index contributed by atoms with van der Waals surface area (Å²) < 4.78 is 17.6. The second kappa shape index (κ2) is 9.57. The molecule has 0 bridgehead atoms. The molecule has 1 aliphatic heterocycles. The Hall–Kier alpha value is -3.46. The number of rotatable bonds is 8. The van der Waals surface area contributed by atoms with E-state index in [9.17, 15) is 0 Å². The summed E-state index contributed by atoms with van der Waals surface area (Å²) in [6.07, 6.45) is 2.11. The maximum Gasteiger partial charge on any atom is 0.219 e. The van der Waals surface area contributed by atoms with Crippen molar-refractivity contribution < 1.29 is 14.2 Å². The minimum Gasteiger partial charge on any atom is -0.496 e. The summed E-state index contributed by atoms with van der Waals surface area (Å²) in [4.78, 5) is 4.59. The first kappa shape index (κ1) is 22.2. The summed E-state index contributed by atoms with van der Waals surface area (Å²) in [5.74, 6) is 1.60. The number of nitrogens with one attached hydrogen (secondary N) is 1. The summed E-state index contributed by atoms with van der Waals surface area (Å²) in [5.41, 5.74) is 6.81. The minimum atomic E-state index is -0.254. The summed E-state index contributed by atoms with van der Waals surface area (Å²) in [6, 6.07) is 8.26. The van der Waals surface area contributed by atoms with Gasteiger partial charge < -0.3 is 19.5 Å². The fourth-order valence-electron chi connectivity index (χ4n) is 3.95. The fraction of sp³-hybridized carbons (Fsp3) is 0.360. The number of benzene rings is 1. The second-order valence-corrected chi connectivity index (χ2v) is 7.49. The molecule has 1 unspecified atom stereocenters. The smallest absolute Gasteiger partial charge is 0.219 e. The Kier molecular flexibility index (Phi) is 6.86. The van der Waals surface area contributed by atoms with E-state index in [-0.39, 0.29) is 12.5 Å². The zero-order valence-corrected chi connectivity index (χ0v) is 18.8. The molecule has 1 atom stereocenters. The van der Waals surface area contributed by atoms with Crippen molar-refractivity contribution in [2.24, 2.45) is 0 Å². The van der Waals surface area contributed by atoms with Gasteiger partial charge in [0.05, 0.1) is 43.4 Å². The van der Waals surface area contributed by atoms with Crippen LogP contribution in [0.25, 0.3) is 0 Å². The summed E-state index contributed by atoms with van der Waals surface area (Å²) in [5, 5.41) is 12.4. The third kappa shape index (κ3) is 4.36. The largest absolute Gasteiger partial charge is 0.496 e. The highest BCUT2D eigenvalue weighted by atomic mass is 16.5. The van der Waals surface area contributed by atoms with Crippen molar-refractivity contribution in [2.75, 3.05) is 25.6 Å². The van der Waals surface area contributed by atoms with Gasteiger partial charge in [-0.15, -0.1) is 0 Å². The predicted octanol–water partition coefficient (Wildman–Crippen LogP) is 5.38. The molecule has 1 aromatic heterocycles. The maximum absolute atomic E-state index is 8.90. The molecule has 6 nitrogen and oxygen atoms in total. The first-order chi connectivity index (χ1) is 14.9. The van der Waals surface area contributed by atoms with Crippen LogP contribution in [0.1, 0.15) is 48.4 Å². The Morgan fingerprint density at radius 3 is 2.74 bits per heavy atom. The quantitative estimate of drug-likeness (QED) is 0.457. The molecule has 162 valence electrons. The van der Waals surface area contributed by atoms with Crippen molar-refractivity contribution in [1.29, 1.82) is 5.26 Å². The number of methoxy groups -OCH3 is 1. The molecule has 1 aliphatic rings. The molecule has 0 fully saturated rings. The van der Waals surface area contributed by atoms with E-state index in [1.165, 1.54) is 0 Å². The number of aryl methyl sites for hydroxylation is 2. The standard InChI is InChI=1S/C25H29N3O3/c1-7-30-25-23-22(19-10-9-15(2)13-20(19)29-6)21(18(5)31-12-8-11-26)17(4)28-24(23)16(3)14-27-25/h9-10,13-14,22,28H,5,7-8,12H2,1-4,6H3. The van der Waals surface area contributed by atoms with Gasteiger partial charge in [-0.25, -0.2) is 4.98 Å². The highest BCUT2D eigenvalue weighted by molar-refractivity contribution is 5.73. The third-order valence-corrected chi connectivity index (χ3v) is 5.33. The molecule has 0 spiro atoms. The molecule has 0 saturated carbocycles. The lowest BCUT2D eigenvalue weighted by atomic mass is 9.79. The van der Waals surface area contributed by atoms with Crippen LogP contribution >= 0.6 is 0 Å². The number of fused-ring (bicyclic) bond motifs is 1. The molecule has 2 heterocycles. The average Bonchev–Trinajstić information content (AvgIpc) is 2.75. The second-order valence-electron chi connectivity index (χ2n) is 7.49. The Bertz CT molecular complexity index is 1070. The summed E-state index contributed by atoms with van der Waals surface area (Å²) in [7, 11) is 1.67. The van der Waals surface area contributed by atoms with Gasteiger partial charge in [0.25, 0.3) is 0 Å². The third-order valence-electron chi connectivity index (χ3n) is 5.33. The number of nitriles is 1. The monoisotopic (exact) mass is 419 g/mol. The van der Waals surface area contributed by atoms with Gasteiger partial charge in [0.15, 0.2) is 0 Å². The summed E-state index contributed by atoms with van der Waals surface area (Å²) in [6.45, 7) is 13.0. The first-order valence-corrected chi connectivity index (χ1v) is 10.4. The molecule has 0 aliphatic carbocycles. The van der Waals surface area contributed by atoms with E-state index in [0.717, 1.165) is 45.0 Å². The van der Waals surface area contributed by atoms with E-state index in [1.54, 1.807) is 7.11 Å². The van der Waals surface area contributed by atoms with Gasteiger partial charge in [-0.3, -0.25) is 0 Å². The Labute approximate surface area is 184 Å². The molecule has 0 saturated heterocycles. The number of pyridine rings is 1. The Morgan fingerprint density at radius 1 is 1.29 bits per heavy atom. The molecule has 6 heteroatoms. The number of hydrogen-bond donors (Lipinski definition) is 1. The Morgan fingerprint density at radius 2 is 2.06 bits per heavy atom. The number of allylic oxidation sites excluding steroid dienone is 2. The van der Waals surface area contributed by atoms with Crippen LogP contribution < -0.4 is 14.8 Å². The van der Waals surface area contributed by atoms with Gasteiger partial charge in [-0.1, -0.05) is 18.7 Å². The average molecular weight is 420 g/mol. The molecular weight excluding hydrogens is 390 g/mol. The van der Waals surface area contributed by atoms with Crippen molar-refractivity contribution in [2.45, 2.75) is 40.0 Å². The number of hydrogen-bond acceptors (Lipinski definition) is 6. The zero-order valence-electron chi connectivity index (χ0n) is 18.8. The van der Waals surface area contributed by atoms with Gasteiger partial charge >= 0.3 is 0 Å². The van der Waals surface area contributed by atoms with Crippen molar-refractivity contribution in [1.82, 2.24) is 4.98 Å².